The van der Waals surface area contributed by atoms with Crippen LogP contribution < -0.4 is 16.8 Å². The Labute approximate surface area is 168 Å². The number of aryl methyl sites for hydroxylation is 1. The lowest BCUT2D eigenvalue weighted by Gasteiger charge is -2.18. The Morgan fingerprint density at radius 3 is 2.59 bits per heavy atom. The highest BCUT2D eigenvalue weighted by Gasteiger charge is 2.24. The van der Waals surface area contributed by atoms with Crippen LogP contribution in [0.5, 0.6) is 5.75 Å². The van der Waals surface area contributed by atoms with Gasteiger partial charge >= 0.3 is 0 Å². The Morgan fingerprint density at radius 1 is 1.10 bits per heavy atom. The number of phenols is 1. The van der Waals surface area contributed by atoms with E-state index in [1.165, 1.54) is 0 Å². The third-order valence-electron chi connectivity index (χ3n) is 5.46. The van der Waals surface area contributed by atoms with Gasteiger partial charge in [-0.1, -0.05) is 18.2 Å². The van der Waals surface area contributed by atoms with E-state index in [1.807, 2.05) is 31.2 Å². The molecule has 6 N–H and O–H groups in total. The maximum atomic E-state index is 12.1. The normalized spacial score (nSPS) is 12.6. The van der Waals surface area contributed by atoms with Gasteiger partial charge in [-0.2, -0.15) is 0 Å². The van der Waals surface area contributed by atoms with Crippen LogP contribution in [-0.4, -0.2) is 16.9 Å². The van der Waals surface area contributed by atoms with Gasteiger partial charge in [0.05, 0.1) is 17.7 Å². The van der Waals surface area contributed by atoms with Gasteiger partial charge in [0.1, 0.15) is 5.75 Å². The molecule has 0 aromatic heterocycles. The number of fused-ring (bicyclic) bond motifs is 1. The number of hydrogen-bond acceptors (Lipinski definition) is 4. The molecule has 3 aromatic carbocycles. The van der Waals surface area contributed by atoms with Gasteiger partial charge in [-0.3, -0.25) is 9.59 Å². The molecule has 29 heavy (non-hydrogen) atoms. The van der Waals surface area contributed by atoms with Crippen LogP contribution in [0.15, 0.2) is 42.5 Å². The smallest absolute Gasteiger partial charge is 0.250 e. The van der Waals surface area contributed by atoms with Crippen molar-refractivity contribution in [3.8, 4) is 28.0 Å². The number of rotatable bonds is 3. The second-order valence-corrected chi connectivity index (χ2v) is 7.31. The highest BCUT2D eigenvalue weighted by Crippen LogP contribution is 2.41. The van der Waals surface area contributed by atoms with Crippen LogP contribution in [0.2, 0.25) is 0 Å². The maximum Gasteiger partial charge on any atom is 0.250 e. The number of nitrogens with two attached hydrogens (primary N) is 2. The standard InChI is InChI=1S/C23H21N3O3/c1-11-6-7-19(27)12(2)21(11)16-8-13(9-17(22(16)24)23(25)29)14-4-3-5-18-15(14)10-20(28)26-18/h3-9,27H,10,24H2,1-2H3,(H2,25,29)(H,26,28). The first-order valence-corrected chi connectivity index (χ1v) is 9.23. The summed E-state index contributed by atoms with van der Waals surface area (Å²) in [5.41, 5.74) is 18.6. The van der Waals surface area contributed by atoms with E-state index >= 15 is 0 Å². The number of anilines is 2. The van der Waals surface area contributed by atoms with Gasteiger partial charge in [-0.15, -0.1) is 0 Å². The minimum absolute atomic E-state index is 0.0714. The molecule has 0 unspecified atom stereocenters. The summed E-state index contributed by atoms with van der Waals surface area (Å²) < 4.78 is 0. The van der Waals surface area contributed by atoms with E-state index in [0.717, 1.165) is 33.5 Å². The van der Waals surface area contributed by atoms with Gasteiger partial charge in [0.2, 0.25) is 5.91 Å². The number of primary amides is 1. The third-order valence-corrected chi connectivity index (χ3v) is 5.46. The number of aromatic hydroxyl groups is 1. The number of nitrogens with one attached hydrogen (secondary N) is 1. The summed E-state index contributed by atoms with van der Waals surface area (Å²) in [6.45, 7) is 3.72. The molecule has 1 aliphatic rings. The Bertz CT molecular complexity index is 1200. The molecular weight excluding hydrogens is 366 g/mol. The number of nitrogen functional groups attached to an aromatic ring is 1. The lowest BCUT2D eigenvalue weighted by atomic mass is 9.88. The second-order valence-electron chi connectivity index (χ2n) is 7.31. The van der Waals surface area contributed by atoms with Gasteiger partial charge in [0.25, 0.3) is 5.91 Å². The summed E-state index contributed by atoms with van der Waals surface area (Å²) in [5, 5.41) is 13.1. The highest BCUT2D eigenvalue weighted by molar-refractivity contribution is 6.06. The van der Waals surface area contributed by atoms with Crippen LogP contribution in [0.3, 0.4) is 0 Å². The zero-order valence-corrected chi connectivity index (χ0v) is 16.2. The van der Waals surface area contributed by atoms with E-state index in [9.17, 15) is 14.7 Å². The van der Waals surface area contributed by atoms with Crippen LogP contribution in [0.1, 0.15) is 27.0 Å². The summed E-state index contributed by atoms with van der Waals surface area (Å²) in [6.07, 6.45) is 0.265. The first-order chi connectivity index (χ1) is 13.8. The van der Waals surface area contributed by atoms with Crippen molar-refractivity contribution in [2.75, 3.05) is 11.1 Å². The van der Waals surface area contributed by atoms with Crippen molar-refractivity contribution in [2.24, 2.45) is 5.73 Å². The molecule has 0 fully saturated rings. The highest BCUT2D eigenvalue weighted by atomic mass is 16.3. The molecule has 4 rings (SSSR count). The van der Waals surface area contributed by atoms with Crippen molar-refractivity contribution in [1.29, 1.82) is 0 Å². The van der Waals surface area contributed by atoms with Crippen LogP contribution in [-0.2, 0) is 11.2 Å². The molecule has 3 aromatic rings. The number of carbonyl (C=O) groups excluding carboxylic acids is 2. The van der Waals surface area contributed by atoms with E-state index in [0.29, 0.717) is 11.1 Å². The van der Waals surface area contributed by atoms with Crippen molar-refractivity contribution < 1.29 is 14.7 Å². The van der Waals surface area contributed by atoms with Crippen molar-refractivity contribution in [3.63, 3.8) is 0 Å². The third kappa shape index (κ3) is 2.99. The predicted octanol–water partition coefficient (Wildman–Crippen LogP) is 3.52. The zero-order chi connectivity index (χ0) is 20.9. The molecule has 0 atom stereocenters. The summed E-state index contributed by atoms with van der Waals surface area (Å²) in [6, 6.07) is 12.6. The van der Waals surface area contributed by atoms with Crippen molar-refractivity contribution in [2.45, 2.75) is 20.3 Å². The van der Waals surface area contributed by atoms with E-state index in [4.69, 9.17) is 11.5 Å². The monoisotopic (exact) mass is 387 g/mol. The number of phenolic OH excluding ortho intramolecular Hbond substituents is 1. The lowest BCUT2D eigenvalue weighted by Crippen LogP contribution is -2.14. The van der Waals surface area contributed by atoms with E-state index in [-0.39, 0.29) is 29.3 Å². The summed E-state index contributed by atoms with van der Waals surface area (Å²) in [7, 11) is 0. The topological polar surface area (TPSA) is 118 Å². The first kappa shape index (κ1) is 18.6. The lowest BCUT2D eigenvalue weighted by molar-refractivity contribution is -0.115. The first-order valence-electron chi connectivity index (χ1n) is 9.23. The zero-order valence-electron chi connectivity index (χ0n) is 16.2. The SMILES string of the molecule is Cc1ccc(O)c(C)c1-c1cc(-c2cccc3c2CC(=O)N3)cc(C(N)=O)c1N. The Kier molecular flexibility index (Phi) is 4.27. The van der Waals surface area contributed by atoms with Crippen LogP contribution in [0, 0.1) is 13.8 Å². The Balaban J connectivity index is 2.03. The van der Waals surface area contributed by atoms with Crippen LogP contribution in [0.4, 0.5) is 11.4 Å². The molecule has 6 heteroatoms. The summed E-state index contributed by atoms with van der Waals surface area (Å²) in [4.78, 5) is 24.0. The average molecular weight is 387 g/mol. The fourth-order valence-corrected chi connectivity index (χ4v) is 3.99. The Morgan fingerprint density at radius 2 is 1.86 bits per heavy atom. The second kappa shape index (κ2) is 6.67. The molecule has 0 saturated heterocycles. The predicted molar refractivity (Wildman–Crippen MR) is 114 cm³/mol. The van der Waals surface area contributed by atoms with Crippen molar-refractivity contribution in [1.82, 2.24) is 0 Å². The number of hydrogen-bond donors (Lipinski definition) is 4. The molecule has 0 radical (unpaired) electrons. The van der Waals surface area contributed by atoms with Gasteiger partial charge < -0.3 is 21.9 Å². The number of carbonyl (C=O) groups is 2. The molecule has 1 heterocycles. The van der Waals surface area contributed by atoms with Crippen LogP contribution >= 0.6 is 0 Å². The van der Waals surface area contributed by atoms with Crippen molar-refractivity contribution >= 4 is 23.2 Å². The minimum atomic E-state index is -0.636. The van der Waals surface area contributed by atoms with Crippen LogP contribution in [0.25, 0.3) is 22.3 Å². The minimum Gasteiger partial charge on any atom is -0.508 e. The summed E-state index contributed by atoms with van der Waals surface area (Å²) >= 11 is 0. The molecule has 146 valence electrons. The molecule has 0 saturated carbocycles. The maximum absolute atomic E-state index is 12.1. The largest absolute Gasteiger partial charge is 0.508 e. The quantitative estimate of drug-likeness (QED) is 0.514. The van der Waals surface area contributed by atoms with Gasteiger partial charge in [0.15, 0.2) is 0 Å². The Hall–Kier alpha value is -3.80. The molecule has 0 aliphatic carbocycles. The molecule has 0 spiro atoms. The van der Waals surface area contributed by atoms with Gasteiger partial charge in [-0.05, 0) is 71.5 Å². The fraction of sp³-hybridized carbons (Fsp3) is 0.130. The van der Waals surface area contributed by atoms with Gasteiger partial charge in [-0.25, -0.2) is 0 Å². The molecule has 6 nitrogen and oxygen atoms in total. The van der Waals surface area contributed by atoms with Gasteiger partial charge in [0, 0.05) is 11.3 Å². The van der Waals surface area contributed by atoms with E-state index in [1.54, 1.807) is 25.1 Å². The number of amides is 2. The molecule has 2 amide bonds. The van der Waals surface area contributed by atoms with E-state index in [2.05, 4.69) is 5.32 Å². The molecular formula is C23H21N3O3. The molecule has 0 bridgehead atoms. The molecule has 1 aliphatic heterocycles. The summed E-state index contributed by atoms with van der Waals surface area (Å²) in [5.74, 6) is -0.563. The average Bonchev–Trinajstić information content (AvgIpc) is 3.06. The fourth-order valence-electron chi connectivity index (χ4n) is 3.99. The number of benzene rings is 3. The van der Waals surface area contributed by atoms with E-state index < -0.39 is 5.91 Å². The van der Waals surface area contributed by atoms with Crippen molar-refractivity contribution in [3.05, 3.63) is 64.7 Å².